The summed E-state index contributed by atoms with van der Waals surface area (Å²) < 4.78 is 0. The Balaban J connectivity index is 2.26. The fraction of sp³-hybridized carbons (Fsp3) is 0.389. The Morgan fingerprint density at radius 1 is 1.17 bits per heavy atom. The molecule has 0 spiro atoms. The van der Waals surface area contributed by atoms with Crippen LogP contribution in [0.2, 0.25) is 0 Å². The summed E-state index contributed by atoms with van der Waals surface area (Å²) in [5.74, 6) is -1.24. The van der Waals surface area contributed by atoms with Crippen LogP contribution in [0.3, 0.4) is 0 Å². The first-order valence-corrected chi connectivity index (χ1v) is 7.60. The summed E-state index contributed by atoms with van der Waals surface area (Å²) >= 11 is 0. The Labute approximate surface area is 135 Å². The van der Waals surface area contributed by atoms with Gasteiger partial charge >= 0.3 is 0 Å². The number of hydrogen-bond acceptors (Lipinski definition) is 5. The number of allylic oxidation sites excluding steroid dienone is 2. The molecule has 1 saturated carbocycles. The molecule has 2 aliphatic carbocycles. The molecule has 5 heteroatoms. The smallest absolute Gasteiger partial charge is 0.189 e. The standard InChI is InChI=1S/C18H15N5/c19-9-15-13-3-1-2-4-14(13)16(12-5-7-23-8-6-12)18(10-20,11-21)17(15)22/h3,5-8,14-16,22H,1-2,4H2/t14-,15-,16-/m1/s1. The van der Waals surface area contributed by atoms with E-state index < -0.39 is 17.3 Å². The predicted octanol–water partition coefficient (Wildman–Crippen LogP) is 3.10. The molecule has 3 rings (SSSR count). The van der Waals surface area contributed by atoms with Crippen molar-refractivity contribution in [1.29, 1.82) is 21.2 Å². The van der Waals surface area contributed by atoms with Crippen LogP contribution in [0.25, 0.3) is 0 Å². The van der Waals surface area contributed by atoms with Crippen LogP contribution in [0.4, 0.5) is 0 Å². The molecule has 1 N–H and O–H groups in total. The zero-order valence-electron chi connectivity index (χ0n) is 12.5. The van der Waals surface area contributed by atoms with Gasteiger partial charge in [0.1, 0.15) is 5.92 Å². The number of nitrogens with one attached hydrogen (secondary N) is 1. The highest BCUT2D eigenvalue weighted by Gasteiger charge is 2.57. The number of pyridine rings is 1. The summed E-state index contributed by atoms with van der Waals surface area (Å²) in [6.45, 7) is 0. The molecule has 1 fully saturated rings. The molecule has 0 bridgehead atoms. The first-order chi connectivity index (χ1) is 11.2. The molecule has 0 amide bonds. The Hall–Kier alpha value is -2.97. The molecule has 1 heterocycles. The van der Waals surface area contributed by atoms with Crippen molar-refractivity contribution in [2.45, 2.75) is 25.2 Å². The average molecular weight is 301 g/mol. The third-order valence-electron chi connectivity index (χ3n) is 4.99. The quantitative estimate of drug-likeness (QED) is 0.804. The summed E-state index contributed by atoms with van der Waals surface area (Å²) in [6.07, 6.45) is 7.99. The van der Waals surface area contributed by atoms with Gasteiger partial charge in [-0.25, -0.2) is 0 Å². The predicted molar refractivity (Wildman–Crippen MR) is 82.9 cm³/mol. The molecular weight excluding hydrogens is 286 g/mol. The largest absolute Gasteiger partial charge is 0.305 e. The molecule has 1 aromatic heterocycles. The lowest BCUT2D eigenvalue weighted by molar-refractivity contribution is 0.320. The molecule has 1 aromatic rings. The fourth-order valence-electron chi connectivity index (χ4n) is 3.96. The molecule has 2 aliphatic rings. The van der Waals surface area contributed by atoms with Gasteiger partial charge in [0.25, 0.3) is 0 Å². The highest BCUT2D eigenvalue weighted by Crippen LogP contribution is 2.54. The van der Waals surface area contributed by atoms with E-state index in [2.05, 4.69) is 23.2 Å². The molecule has 112 valence electrons. The van der Waals surface area contributed by atoms with Crippen LogP contribution in [0.1, 0.15) is 30.7 Å². The van der Waals surface area contributed by atoms with Crippen molar-refractivity contribution < 1.29 is 0 Å². The molecule has 3 atom stereocenters. The van der Waals surface area contributed by atoms with Gasteiger partial charge in [-0.2, -0.15) is 15.8 Å². The van der Waals surface area contributed by atoms with E-state index >= 15 is 0 Å². The van der Waals surface area contributed by atoms with Crippen molar-refractivity contribution in [3.05, 3.63) is 41.7 Å². The monoisotopic (exact) mass is 301 g/mol. The van der Waals surface area contributed by atoms with Crippen molar-refractivity contribution in [3.8, 4) is 18.2 Å². The first kappa shape index (κ1) is 14.9. The Kier molecular flexibility index (Phi) is 3.68. The van der Waals surface area contributed by atoms with Crippen molar-refractivity contribution in [1.82, 2.24) is 4.98 Å². The van der Waals surface area contributed by atoms with E-state index in [0.717, 1.165) is 30.4 Å². The topological polar surface area (TPSA) is 108 Å². The second-order valence-corrected chi connectivity index (χ2v) is 6.01. The van der Waals surface area contributed by atoms with Crippen LogP contribution < -0.4 is 0 Å². The molecule has 0 aromatic carbocycles. The molecule has 0 aliphatic heterocycles. The van der Waals surface area contributed by atoms with Crippen molar-refractivity contribution in [2.24, 2.45) is 17.3 Å². The number of rotatable bonds is 1. The Bertz CT molecular complexity index is 773. The zero-order chi connectivity index (χ0) is 16.4. The number of nitriles is 3. The lowest BCUT2D eigenvalue weighted by Gasteiger charge is -2.45. The molecule has 0 radical (unpaired) electrons. The average Bonchev–Trinajstić information content (AvgIpc) is 2.61. The summed E-state index contributed by atoms with van der Waals surface area (Å²) in [6, 6.07) is 9.91. The minimum atomic E-state index is -1.60. The van der Waals surface area contributed by atoms with E-state index in [-0.39, 0.29) is 11.6 Å². The SMILES string of the molecule is N#C[C@H]1C(=N)C(C#N)(C#N)[C@H](c2ccncc2)[C@@H]2CCCC=C12. The minimum absolute atomic E-state index is 0.0517. The second-order valence-electron chi connectivity index (χ2n) is 6.01. The number of fused-ring (bicyclic) bond motifs is 1. The molecule has 0 saturated heterocycles. The van der Waals surface area contributed by atoms with E-state index in [1.54, 1.807) is 24.5 Å². The van der Waals surface area contributed by atoms with Gasteiger partial charge in [-0.05, 0) is 48.4 Å². The van der Waals surface area contributed by atoms with Crippen LogP contribution in [0, 0.1) is 56.7 Å². The zero-order valence-corrected chi connectivity index (χ0v) is 12.5. The summed E-state index contributed by atoms with van der Waals surface area (Å²) in [5.41, 5.74) is 0.0612. The highest BCUT2D eigenvalue weighted by molar-refractivity contribution is 6.00. The van der Waals surface area contributed by atoms with Gasteiger partial charge in [-0.15, -0.1) is 0 Å². The Morgan fingerprint density at radius 2 is 1.87 bits per heavy atom. The molecular formula is C18H15N5. The summed E-state index contributed by atoms with van der Waals surface area (Å²) in [7, 11) is 0. The van der Waals surface area contributed by atoms with Gasteiger partial charge < -0.3 is 5.41 Å². The van der Waals surface area contributed by atoms with Crippen LogP contribution in [-0.4, -0.2) is 10.7 Å². The third-order valence-corrected chi connectivity index (χ3v) is 4.99. The lowest BCUT2D eigenvalue weighted by atomic mass is 9.53. The summed E-state index contributed by atoms with van der Waals surface area (Å²) in [5, 5.41) is 37.5. The lowest BCUT2D eigenvalue weighted by Crippen LogP contribution is -2.48. The van der Waals surface area contributed by atoms with E-state index in [4.69, 9.17) is 5.41 Å². The van der Waals surface area contributed by atoms with Crippen LogP contribution in [-0.2, 0) is 0 Å². The third kappa shape index (κ3) is 2.04. The van der Waals surface area contributed by atoms with E-state index in [0.29, 0.717) is 0 Å². The van der Waals surface area contributed by atoms with E-state index in [1.165, 1.54) is 0 Å². The second kappa shape index (κ2) is 5.67. The van der Waals surface area contributed by atoms with Crippen molar-refractivity contribution in [3.63, 3.8) is 0 Å². The maximum absolute atomic E-state index is 9.79. The highest BCUT2D eigenvalue weighted by atomic mass is 14.7. The van der Waals surface area contributed by atoms with E-state index in [1.807, 2.05) is 6.08 Å². The first-order valence-electron chi connectivity index (χ1n) is 7.60. The number of nitrogens with zero attached hydrogens (tertiary/aromatic N) is 4. The maximum Gasteiger partial charge on any atom is 0.189 e. The van der Waals surface area contributed by atoms with Gasteiger partial charge in [-0.1, -0.05) is 6.08 Å². The summed E-state index contributed by atoms with van der Waals surface area (Å²) in [4.78, 5) is 4.01. The van der Waals surface area contributed by atoms with Crippen LogP contribution in [0.5, 0.6) is 0 Å². The van der Waals surface area contributed by atoms with Gasteiger partial charge in [0, 0.05) is 18.3 Å². The molecule has 23 heavy (non-hydrogen) atoms. The van der Waals surface area contributed by atoms with Gasteiger partial charge in [0.2, 0.25) is 0 Å². The van der Waals surface area contributed by atoms with Gasteiger partial charge in [-0.3, -0.25) is 4.98 Å². The molecule has 0 unspecified atom stereocenters. The minimum Gasteiger partial charge on any atom is -0.305 e. The van der Waals surface area contributed by atoms with Crippen molar-refractivity contribution >= 4 is 5.71 Å². The fourth-order valence-corrected chi connectivity index (χ4v) is 3.96. The van der Waals surface area contributed by atoms with Crippen LogP contribution in [0.15, 0.2) is 36.2 Å². The number of aromatic nitrogens is 1. The van der Waals surface area contributed by atoms with Gasteiger partial charge in [0.15, 0.2) is 5.41 Å². The van der Waals surface area contributed by atoms with Crippen LogP contribution >= 0.6 is 0 Å². The Morgan fingerprint density at radius 3 is 2.48 bits per heavy atom. The van der Waals surface area contributed by atoms with Gasteiger partial charge in [0.05, 0.1) is 23.9 Å². The van der Waals surface area contributed by atoms with Crippen molar-refractivity contribution in [2.75, 3.05) is 0 Å². The molecule has 5 nitrogen and oxygen atoms in total. The number of hydrogen-bond donors (Lipinski definition) is 1. The normalized spacial score (nSPS) is 28.5. The van der Waals surface area contributed by atoms with E-state index in [9.17, 15) is 15.8 Å². The maximum atomic E-state index is 9.79.